The third-order valence-electron chi connectivity index (χ3n) is 5.06. The smallest absolute Gasteiger partial charge is 0.191 e. The van der Waals surface area contributed by atoms with Crippen LogP contribution in [-0.4, -0.2) is 48.3 Å². The summed E-state index contributed by atoms with van der Waals surface area (Å²) in [5, 5.41) is 7.76. The van der Waals surface area contributed by atoms with Crippen LogP contribution in [0.5, 0.6) is 0 Å². The highest BCUT2D eigenvalue weighted by Crippen LogP contribution is 2.24. The summed E-state index contributed by atoms with van der Waals surface area (Å²) in [5.74, 6) is 0.728. The first-order valence-corrected chi connectivity index (χ1v) is 10.6. The van der Waals surface area contributed by atoms with Gasteiger partial charge in [0.2, 0.25) is 0 Å². The van der Waals surface area contributed by atoms with Crippen molar-refractivity contribution >= 4 is 53.1 Å². The molecule has 1 aliphatic rings. The van der Waals surface area contributed by atoms with Gasteiger partial charge in [-0.1, -0.05) is 47.5 Å². The van der Waals surface area contributed by atoms with Gasteiger partial charge in [0.05, 0.1) is 24.3 Å². The molecule has 2 N–H and O–H groups in total. The summed E-state index contributed by atoms with van der Waals surface area (Å²) in [6, 6.07) is 10.5. The molecule has 3 rings (SSSR count). The van der Waals surface area contributed by atoms with E-state index < -0.39 is 0 Å². The summed E-state index contributed by atoms with van der Waals surface area (Å²) in [5.41, 5.74) is 3.52. The molecule has 1 aromatic heterocycles. The molecule has 166 valence electrons. The molecule has 1 aromatic carbocycles. The summed E-state index contributed by atoms with van der Waals surface area (Å²) < 4.78 is 7.49. The highest BCUT2D eigenvalue weighted by Gasteiger charge is 2.16. The van der Waals surface area contributed by atoms with E-state index in [-0.39, 0.29) is 24.0 Å². The average molecular weight is 566 g/mol. The van der Waals surface area contributed by atoms with Crippen LogP contribution in [0.4, 0.5) is 0 Å². The fourth-order valence-electron chi connectivity index (χ4n) is 3.47. The van der Waals surface area contributed by atoms with Crippen molar-refractivity contribution in [2.75, 3.05) is 26.7 Å². The predicted molar refractivity (Wildman–Crippen MR) is 135 cm³/mol. The summed E-state index contributed by atoms with van der Waals surface area (Å²) in [7, 11) is 3.65. The average Bonchev–Trinajstić information content (AvgIpc) is 2.95. The maximum atomic E-state index is 6.13. The molecule has 0 saturated carbocycles. The predicted octanol–water partition coefficient (Wildman–Crippen LogP) is 4.04. The third-order valence-corrected chi connectivity index (χ3v) is 5.90. The Bertz CT molecular complexity index is 858. The minimum atomic E-state index is 0. The van der Waals surface area contributed by atoms with E-state index in [1.54, 1.807) is 7.05 Å². The second-order valence-electron chi connectivity index (χ2n) is 7.35. The molecule has 1 atom stereocenters. The molecule has 6 nitrogen and oxygen atoms in total. The van der Waals surface area contributed by atoms with Crippen LogP contribution >= 0.6 is 47.2 Å². The number of hydrogen-bond donors (Lipinski definition) is 2. The lowest BCUT2D eigenvalue weighted by atomic mass is 10.1. The van der Waals surface area contributed by atoms with Gasteiger partial charge < -0.3 is 19.9 Å². The highest BCUT2D eigenvalue weighted by atomic mass is 127. The van der Waals surface area contributed by atoms with E-state index in [9.17, 15) is 0 Å². The van der Waals surface area contributed by atoms with E-state index in [1.807, 2.05) is 17.7 Å². The molecule has 9 heteroatoms. The Morgan fingerprint density at radius 3 is 2.60 bits per heavy atom. The molecule has 0 spiro atoms. The van der Waals surface area contributed by atoms with Gasteiger partial charge in [0.1, 0.15) is 5.15 Å². The number of halogens is 3. The third kappa shape index (κ3) is 7.02. The van der Waals surface area contributed by atoms with Gasteiger partial charge in [-0.3, -0.25) is 9.89 Å². The van der Waals surface area contributed by atoms with Crippen LogP contribution < -0.4 is 10.6 Å². The second-order valence-corrected chi connectivity index (χ2v) is 8.11. The number of aliphatic imine (C=N–C) groups is 1. The zero-order valence-corrected chi connectivity index (χ0v) is 21.5. The molecule has 2 heterocycles. The fraction of sp³-hybridized carbons (Fsp3) is 0.476. The molecule has 30 heavy (non-hydrogen) atoms. The fourth-order valence-corrected chi connectivity index (χ4v) is 3.89. The van der Waals surface area contributed by atoms with Gasteiger partial charge in [-0.25, -0.2) is 0 Å². The van der Waals surface area contributed by atoms with Gasteiger partial charge in [0, 0.05) is 46.0 Å². The van der Waals surface area contributed by atoms with E-state index in [0.717, 1.165) is 37.9 Å². The lowest BCUT2D eigenvalue weighted by Gasteiger charge is -2.31. The van der Waals surface area contributed by atoms with Gasteiger partial charge in [0.15, 0.2) is 5.96 Å². The van der Waals surface area contributed by atoms with E-state index in [0.29, 0.717) is 29.4 Å². The summed E-state index contributed by atoms with van der Waals surface area (Å²) >= 11 is 12.2. The Morgan fingerprint density at radius 2 is 1.93 bits per heavy atom. The number of aromatic nitrogens is 1. The SMILES string of the molecule is CN=C(NCc1cccc(CN2CCOC(C)C2)c1)NCc1cc(Cl)c(Cl)n1C.I. The molecule has 1 fully saturated rings. The van der Waals surface area contributed by atoms with Crippen LogP contribution in [-0.2, 0) is 31.4 Å². The molecule has 0 bridgehead atoms. The highest BCUT2D eigenvalue weighted by molar-refractivity contribution is 14.0. The Labute approximate surface area is 206 Å². The monoisotopic (exact) mass is 565 g/mol. The van der Waals surface area contributed by atoms with Crippen LogP contribution in [0.15, 0.2) is 35.3 Å². The maximum Gasteiger partial charge on any atom is 0.191 e. The summed E-state index contributed by atoms with van der Waals surface area (Å²) in [4.78, 5) is 6.74. The van der Waals surface area contributed by atoms with Gasteiger partial charge in [-0.15, -0.1) is 24.0 Å². The van der Waals surface area contributed by atoms with Gasteiger partial charge in [-0.2, -0.15) is 0 Å². The van der Waals surface area contributed by atoms with Crippen LogP contribution in [0.1, 0.15) is 23.7 Å². The lowest BCUT2D eigenvalue weighted by molar-refractivity contribution is -0.0212. The Balaban J connectivity index is 0.00000320. The quantitative estimate of drug-likeness (QED) is 0.315. The molecular weight excluding hydrogens is 536 g/mol. The van der Waals surface area contributed by atoms with Gasteiger partial charge in [-0.05, 0) is 24.1 Å². The topological polar surface area (TPSA) is 53.8 Å². The number of guanidine groups is 1. The lowest BCUT2D eigenvalue weighted by Crippen LogP contribution is -2.40. The molecule has 1 aliphatic heterocycles. The van der Waals surface area contributed by atoms with Crippen molar-refractivity contribution < 1.29 is 4.74 Å². The number of ether oxygens (including phenoxy) is 1. The zero-order chi connectivity index (χ0) is 20.8. The Kier molecular flexibility index (Phi) is 10.2. The normalized spacial score (nSPS) is 17.5. The van der Waals surface area contributed by atoms with Crippen LogP contribution in [0.2, 0.25) is 10.2 Å². The van der Waals surface area contributed by atoms with Crippen LogP contribution in [0, 0.1) is 0 Å². The molecule has 0 amide bonds. The van der Waals surface area contributed by atoms with Crippen LogP contribution in [0.25, 0.3) is 0 Å². The minimum Gasteiger partial charge on any atom is -0.376 e. The second kappa shape index (κ2) is 12.1. The number of rotatable bonds is 6. The van der Waals surface area contributed by atoms with Crippen molar-refractivity contribution in [1.82, 2.24) is 20.1 Å². The molecule has 2 aromatic rings. The van der Waals surface area contributed by atoms with E-state index in [1.165, 1.54) is 11.1 Å². The van der Waals surface area contributed by atoms with Gasteiger partial charge in [0.25, 0.3) is 0 Å². The first kappa shape index (κ1) is 25.3. The van der Waals surface area contributed by atoms with Crippen molar-refractivity contribution in [3.05, 3.63) is 57.3 Å². The first-order valence-electron chi connectivity index (χ1n) is 9.82. The van der Waals surface area contributed by atoms with Crippen molar-refractivity contribution in [3.63, 3.8) is 0 Å². The molecule has 1 unspecified atom stereocenters. The minimum absolute atomic E-state index is 0. The van der Waals surface area contributed by atoms with Crippen molar-refractivity contribution in [1.29, 1.82) is 0 Å². The standard InChI is InChI=1S/C21H29Cl2N5O.HI/c1-15-13-28(7-8-29-15)14-17-6-4-5-16(9-17)11-25-21(24-2)26-12-18-10-19(22)20(23)27(18)3;/h4-6,9-10,15H,7-8,11-14H2,1-3H3,(H2,24,25,26);1H. The number of nitrogens with one attached hydrogen (secondary N) is 2. The molecule has 0 radical (unpaired) electrons. The van der Waals surface area contributed by atoms with Crippen molar-refractivity contribution in [2.24, 2.45) is 12.0 Å². The van der Waals surface area contributed by atoms with Crippen molar-refractivity contribution in [2.45, 2.75) is 32.7 Å². The van der Waals surface area contributed by atoms with E-state index in [4.69, 9.17) is 27.9 Å². The largest absolute Gasteiger partial charge is 0.376 e. The number of hydrogen-bond acceptors (Lipinski definition) is 3. The van der Waals surface area contributed by atoms with Gasteiger partial charge >= 0.3 is 0 Å². The Hall–Kier alpha value is -1.000. The first-order chi connectivity index (χ1) is 14.0. The number of nitrogens with zero attached hydrogens (tertiary/aromatic N) is 3. The summed E-state index contributed by atoms with van der Waals surface area (Å²) in [6.07, 6.45) is 0.303. The van der Waals surface area contributed by atoms with Crippen molar-refractivity contribution in [3.8, 4) is 0 Å². The summed E-state index contributed by atoms with van der Waals surface area (Å²) in [6.45, 7) is 7.12. The molecule has 1 saturated heterocycles. The maximum absolute atomic E-state index is 6.13. The van der Waals surface area contributed by atoms with E-state index >= 15 is 0 Å². The molecule has 0 aliphatic carbocycles. The van der Waals surface area contributed by atoms with Crippen LogP contribution in [0.3, 0.4) is 0 Å². The zero-order valence-electron chi connectivity index (χ0n) is 17.6. The van der Waals surface area contributed by atoms with E-state index in [2.05, 4.69) is 51.7 Å². The number of benzene rings is 1. The Morgan fingerprint density at radius 1 is 1.20 bits per heavy atom. The number of morpholine rings is 1. The molecular formula is C21H30Cl2IN5O.